The number of rotatable bonds is 5. The van der Waals surface area contributed by atoms with Crippen molar-refractivity contribution in [3.63, 3.8) is 0 Å². The van der Waals surface area contributed by atoms with E-state index in [0.29, 0.717) is 9.26 Å². The molecule has 100 valence electrons. The number of carbonyl (C=O) groups excluding carboxylic acids is 1. The van der Waals surface area contributed by atoms with Gasteiger partial charge >= 0.3 is 0 Å². The van der Waals surface area contributed by atoms with Crippen molar-refractivity contribution in [1.29, 1.82) is 5.26 Å². The van der Waals surface area contributed by atoms with E-state index in [0.717, 1.165) is 6.29 Å². The average Bonchev–Trinajstić information content (AvgIpc) is 2.36. The summed E-state index contributed by atoms with van der Waals surface area (Å²) in [6.45, 7) is 3.74. The van der Waals surface area contributed by atoms with Crippen LogP contribution in [0.2, 0.25) is 0 Å². The Morgan fingerprint density at radius 2 is 2.21 bits per heavy atom. The molecule has 1 aromatic carbocycles. The van der Waals surface area contributed by atoms with Gasteiger partial charge in [-0.15, -0.1) is 0 Å². The number of halogens is 1. The van der Waals surface area contributed by atoms with E-state index in [4.69, 9.17) is 5.26 Å². The van der Waals surface area contributed by atoms with E-state index in [1.54, 1.807) is 19.9 Å². The fraction of sp³-hybridized carbons (Fsp3) is 0.333. The Bertz CT molecular complexity index is 564. The molecule has 7 heteroatoms. The molecule has 6 nitrogen and oxygen atoms in total. The molecular weight excluding hydrogens is 361 g/mol. The largest absolute Gasteiger partial charge is 0.378 e. The number of hydrogen-bond acceptors (Lipinski definition) is 5. The number of benzene rings is 1. The van der Waals surface area contributed by atoms with Crippen LogP contribution in [-0.4, -0.2) is 17.8 Å². The van der Waals surface area contributed by atoms with Gasteiger partial charge in [0.2, 0.25) is 0 Å². The lowest BCUT2D eigenvalue weighted by atomic mass is 9.96. The van der Waals surface area contributed by atoms with Gasteiger partial charge in [0, 0.05) is 21.6 Å². The number of nitro benzene ring substituents is 1. The summed E-state index contributed by atoms with van der Waals surface area (Å²) in [5, 5.41) is 22.7. The van der Waals surface area contributed by atoms with Gasteiger partial charge in [-0.2, -0.15) is 5.26 Å². The Balaban J connectivity index is 3.16. The second kappa shape index (κ2) is 5.97. The maximum absolute atomic E-state index is 11.0. The van der Waals surface area contributed by atoms with Crippen LogP contribution in [0, 0.1) is 30.4 Å². The van der Waals surface area contributed by atoms with Crippen LogP contribution < -0.4 is 5.32 Å². The van der Waals surface area contributed by atoms with Crippen molar-refractivity contribution < 1.29 is 9.72 Å². The van der Waals surface area contributed by atoms with Crippen LogP contribution in [0.4, 0.5) is 11.4 Å². The zero-order valence-corrected chi connectivity index (χ0v) is 12.6. The predicted molar refractivity (Wildman–Crippen MR) is 78.9 cm³/mol. The van der Waals surface area contributed by atoms with E-state index in [2.05, 4.69) is 5.32 Å². The van der Waals surface area contributed by atoms with Crippen molar-refractivity contribution in [2.45, 2.75) is 13.8 Å². The van der Waals surface area contributed by atoms with Crippen LogP contribution in [-0.2, 0) is 4.79 Å². The highest BCUT2D eigenvalue weighted by Crippen LogP contribution is 2.32. The van der Waals surface area contributed by atoms with Gasteiger partial charge in [0.05, 0.1) is 16.6 Å². The molecule has 0 spiro atoms. The Kier molecular flexibility index (Phi) is 4.83. The zero-order valence-electron chi connectivity index (χ0n) is 10.4. The van der Waals surface area contributed by atoms with Crippen molar-refractivity contribution >= 4 is 40.3 Å². The highest BCUT2D eigenvalue weighted by molar-refractivity contribution is 14.1. The molecule has 0 aliphatic heterocycles. The molecular formula is C12H12IN3O3. The second-order valence-corrected chi connectivity index (χ2v) is 5.84. The Morgan fingerprint density at radius 3 is 2.68 bits per heavy atom. The molecule has 0 aromatic heterocycles. The van der Waals surface area contributed by atoms with E-state index >= 15 is 0 Å². The molecule has 0 amide bonds. The van der Waals surface area contributed by atoms with E-state index in [9.17, 15) is 14.9 Å². The summed E-state index contributed by atoms with van der Waals surface area (Å²) in [6.07, 6.45) is 0.794. The molecule has 0 saturated carbocycles. The monoisotopic (exact) mass is 373 g/mol. The number of nitrogens with zero attached hydrogens (tertiary/aromatic N) is 2. The molecule has 0 fully saturated rings. The van der Waals surface area contributed by atoms with Gasteiger partial charge in [0.15, 0.2) is 0 Å². The van der Waals surface area contributed by atoms with Crippen LogP contribution in [0.3, 0.4) is 0 Å². The van der Waals surface area contributed by atoms with Gasteiger partial charge < -0.3 is 10.1 Å². The van der Waals surface area contributed by atoms with Crippen LogP contribution in [0.15, 0.2) is 12.1 Å². The van der Waals surface area contributed by atoms with Crippen LogP contribution in [0.1, 0.15) is 19.4 Å². The highest BCUT2D eigenvalue weighted by Gasteiger charge is 2.22. The summed E-state index contributed by atoms with van der Waals surface area (Å²) in [7, 11) is 0. The van der Waals surface area contributed by atoms with Crippen molar-refractivity contribution in [1.82, 2.24) is 0 Å². The fourth-order valence-corrected chi connectivity index (χ4v) is 2.14. The SMILES string of the molecule is CC(C)(C=O)CNc1c(I)cc(C#N)cc1[N+](=O)[O-]. The standard InChI is InChI=1S/C12H12IN3O3/c1-12(2,7-17)6-15-11-9(13)3-8(5-14)4-10(11)16(18)19/h3-4,7,15H,6H2,1-2H3. The van der Waals surface area contributed by atoms with E-state index in [1.807, 2.05) is 28.7 Å². The molecule has 1 aromatic rings. The molecule has 0 aliphatic rings. The number of aldehydes is 1. The molecule has 0 aliphatic carbocycles. The van der Waals surface area contributed by atoms with Crippen LogP contribution >= 0.6 is 22.6 Å². The first-order valence-corrected chi connectivity index (χ1v) is 6.47. The minimum absolute atomic E-state index is 0.162. The Hall–Kier alpha value is -1.69. The van der Waals surface area contributed by atoms with Gasteiger partial charge in [-0.25, -0.2) is 0 Å². The summed E-state index contributed by atoms with van der Waals surface area (Å²) in [6, 6.07) is 4.66. The molecule has 0 bridgehead atoms. The van der Waals surface area contributed by atoms with Crippen molar-refractivity contribution in [2.24, 2.45) is 5.41 Å². The Labute approximate surface area is 124 Å². The lowest BCUT2D eigenvalue weighted by Gasteiger charge is -2.18. The predicted octanol–water partition coefficient (Wildman–Crippen LogP) is 2.71. The topological polar surface area (TPSA) is 96.0 Å². The Morgan fingerprint density at radius 1 is 1.58 bits per heavy atom. The maximum atomic E-state index is 11.0. The van der Waals surface area contributed by atoms with Crippen molar-refractivity contribution in [2.75, 3.05) is 11.9 Å². The van der Waals surface area contributed by atoms with Gasteiger partial charge in [-0.1, -0.05) is 13.8 Å². The summed E-state index contributed by atoms with van der Waals surface area (Å²) >= 11 is 1.93. The van der Waals surface area contributed by atoms with Gasteiger partial charge in [0.1, 0.15) is 12.0 Å². The first-order valence-electron chi connectivity index (χ1n) is 5.39. The molecule has 0 heterocycles. The number of nitro groups is 1. The zero-order chi connectivity index (χ0) is 14.6. The lowest BCUT2D eigenvalue weighted by Crippen LogP contribution is -2.25. The third-order valence-electron chi connectivity index (χ3n) is 2.44. The van der Waals surface area contributed by atoms with Crippen LogP contribution in [0.5, 0.6) is 0 Å². The summed E-state index contributed by atoms with van der Waals surface area (Å²) in [5.74, 6) is 0. The van der Waals surface area contributed by atoms with E-state index in [1.165, 1.54) is 6.07 Å². The molecule has 0 saturated heterocycles. The van der Waals surface area contributed by atoms with Crippen molar-refractivity contribution in [3.8, 4) is 6.07 Å². The van der Waals surface area contributed by atoms with Crippen molar-refractivity contribution in [3.05, 3.63) is 31.4 Å². The number of anilines is 1. The number of nitriles is 1. The minimum Gasteiger partial charge on any atom is -0.378 e. The third-order valence-corrected chi connectivity index (χ3v) is 3.29. The minimum atomic E-state index is -0.620. The number of nitrogens with one attached hydrogen (secondary N) is 1. The fourth-order valence-electron chi connectivity index (χ4n) is 1.33. The summed E-state index contributed by atoms with van der Waals surface area (Å²) < 4.78 is 0.574. The molecule has 19 heavy (non-hydrogen) atoms. The summed E-state index contributed by atoms with van der Waals surface area (Å²) in [5.41, 5.74) is -0.217. The number of carbonyl (C=O) groups is 1. The molecule has 1 rings (SSSR count). The lowest BCUT2D eigenvalue weighted by molar-refractivity contribution is -0.384. The quantitative estimate of drug-likeness (QED) is 0.371. The first kappa shape index (κ1) is 15.4. The summed E-state index contributed by atoms with van der Waals surface area (Å²) in [4.78, 5) is 21.3. The smallest absolute Gasteiger partial charge is 0.294 e. The molecule has 0 unspecified atom stereocenters. The normalized spacial score (nSPS) is 10.6. The average molecular weight is 373 g/mol. The van der Waals surface area contributed by atoms with Gasteiger partial charge in [0.25, 0.3) is 5.69 Å². The van der Waals surface area contributed by atoms with Gasteiger partial charge in [-0.3, -0.25) is 10.1 Å². The third kappa shape index (κ3) is 3.89. The molecule has 0 atom stereocenters. The van der Waals surface area contributed by atoms with Crippen LogP contribution in [0.25, 0.3) is 0 Å². The van der Waals surface area contributed by atoms with E-state index in [-0.39, 0.29) is 17.8 Å². The maximum Gasteiger partial charge on any atom is 0.294 e. The molecule has 1 N–H and O–H groups in total. The number of hydrogen-bond donors (Lipinski definition) is 1. The van der Waals surface area contributed by atoms with E-state index < -0.39 is 10.3 Å². The molecule has 0 radical (unpaired) electrons. The first-order chi connectivity index (χ1) is 8.80. The highest BCUT2D eigenvalue weighted by atomic mass is 127. The second-order valence-electron chi connectivity index (χ2n) is 4.68. The van der Waals surface area contributed by atoms with Gasteiger partial charge in [-0.05, 0) is 28.7 Å².